The fourth-order valence-corrected chi connectivity index (χ4v) is 5.81. The van der Waals surface area contributed by atoms with Crippen molar-refractivity contribution in [3.63, 3.8) is 0 Å². The summed E-state index contributed by atoms with van der Waals surface area (Å²) in [5, 5.41) is 8.84. The molecule has 0 rings (SSSR count). The molecule has 0 fully saturated rings. The summed E-state index contributed by atoms with van der Waals surface area (Å²) in [5.74, 6) is -2.64. The number of nitrogens with two attached hydrogens (primary N) is 1. The largest absolute Gasteiger partial charge is 0.480 e. The van der Waals surface area contributed by atoms with Gasteiger partial charge in [-0.2, -0.15) is 0 Å². The van der Waals surface area contributed by atoms with Crippen LogP contribution in [0.25, 0.3) is 0 Å². The van der Waals surface area contributed by atoms with Gasteiger partial charge in [0.05, 0.1) is 13.2 Å². The lowest BCUT2D eigenvalue weighted by atomic mass is 10.1. The minimum Gasteiger partial charge on any atom is -0.480 e. The van der Waals surface area contributed by atoms with E-state index in [0.29, 0.717) is 6.42 Å². The zero-order valence-electron chi connectivity index (χ0n) is 30.5. The van der Waals surface area contributed by atoms with E-state index in [4.69, 9.17) is 24.8 Å². The van der Waals surface area contributed by atoms with Crippen molar-refractivity contribution in [2.75, 3.05) is 19.8 Å². The Morgan fingerprint density at radius 2 is 1.14 bits per heavy atom. The fourth-order valence-electron chi connectivity index (χ4n) is 5.04. The van der Waals surface area contributed by atoms with Gasteiger partial charge >= 0.3 is 25.7 Å². The van der Waals surface area contributed by atoms with Crippen LogP contribution in [0.4, 0.5) is 0 Å². The second-order valence-corrected chi connectivity index (χ2v) is 14.2. The number of hydrogen-bond acceptors (Lipinski definition) is 9. The lowest BCUT2D eigenvalue weighted by Crippen LogP contribution is -2.34. The van der Waals surface area contributed by atoms with Crippen LogP contribution in [0.1, 0.15) is 162 Å². The van der Waals surface area contributed by atoms with Gasteiger partial charge in [0, 0.05) is 12.5 Å². The van der Waals surface area contributed by atoms with Crippen LogP contribution < -0.4 is 5.73 Å². The van der Waals surface area contributed by atoms with E-state index in [-0.39, 0.29) is 6.42 Å². The average molecular weight is 718 g/mol. The second kappa shape index (κ2) is 33.1. The van der Waals surface area contributed by atoms with Gasteiger partial charge in [0.2, 0.25) is 0 Å². The number of rotatable bonds is 35. The van der Waals surface area contributed by atoms with Crippen molar-refractivity contribution in [3.05, 3.63) is 24.3 Å². The molecule has 0 heterocycles. The molecule has 0 saturated carbocycles. The van der Waals surface area contributed by atoms with Gasteiger partial charge in [-0.25, -0.2) is 9.36 Å². The molecule has 0 saturated heterocycles. The SMILES string of the molecule is CCCCCCCCCCCCC/C=C/C=C/C(=O)OC[C@@H](COP(=O)(O)OC[C@@H](N)C(=O)O)OC(=O)CCCCCCCCCCCC. The lowest BCUT2D eigenvalue weighted by Gasteiger charge is -2.20. The molecule has 286 valence electrons. The van der Waals surface area contributed by atoms with Gasteiger partial charge in [-0.15, -0.1) is 0 Å². The predicted molar refractivity (Wildman–Crippen MR) is 194 cm³/mol. The first-order valence-corrected chi connectivity index (χ1v) is 20.4. The number of phosphoric ester groups is 1. The van der Waals surface area contributed by atoms with E-state index < -0.39 is 57.7 Å². The number of allylic oxidation sites excluding steroid dienone is 3. The summed E-state index contributed by atoms with van der Waals surface area (Å²) in [6, 6.07) is -1.53. The van der Waals surface area contributed by atoms with Crippen molar-refractivity contribution >= 4 is 25.7 Å². The molecule has 12 heteroatoms. The summed E-state index contributed by atoms with van der Waals surface area (Å²) in [5.41, 5.74) is 5.30. The number of aliphatic carboxylic acids is 1. The molecule has 0 radical (unpaired) electrons. The number of unbranched alkanes of at least 4 members (excludes halogenated alkanes) is 20. The van der Waals surface area contributed by atoms with E-state index in [1.54, 1.807) is 12.2 Å². The maximum atomic E-state index is 12.5. The highest BCUT2D eigenvalue weighted by molar-refractivity contribution is 7.47. The summed E-state index contributed by atoms with van der Waals surface area (Å²) >= 11 is 0. The van der Waals surface area contributed by atoms with E-state index in [0.717, 1.165) is 32.1 Å². The summed E-state index contributed by atoms with van der Waals surface area (Å²) < 4.78 is 32.3. The van der Waals surface area contributed by atoms with Crippen molar-refractivity contribution < 1.29 is 47.5 Å². The molecule has 3 atom stereocenters. The van der Waals surface area contributed by atoms with Crippen LogP contribution in [0, 0.1) is 0 Å². The highest BCUT2D eigenvalue weighted by Gasteiger charge is 2.28. The van der Waals surface area contributed by atoms with Crippen molar-refractivity contribution in [1.29, 1.82) is 0 Å². The highest BCUT2D eigenvalue weighted by atomic mass is 31.2. The number of carbonyl (C=O) groups excluding carboxylic acids is 2. The van der Waals surface area contributed by atoms with Gasteiger partial charge in [-0.05, 0) is 19.3 Å². The van der Waals surface area contributed by atoms with Crippen molar-refractivity contribution in [2.24, 2.45) is 5.73 Å². The van der Waals surface area contributed by atoms with Crippen molar-refractivity contribution in [3.8, 4) is 0 Å². The Balaban J connectivity index is 4.53. The standard InChI is InChI=1S/C37H68NO10P/c1-3-5-7-9-11-13-15-16-17-18-19-21-22-24-26-28-35(39)45-30-33(31-46-49(43,44)47-32-34(38)37(41)42)48-36(40)29-27-25-23-20-14-12-10-8-6-4-2/h22,24,26,28,33-34H,3-21,23,25,27,29-32,38H2,1-2H3,(H,41,42)(H,43,44)/b24-22+,28-26+/t33-,34+/m0/s1. The maximum Gasteiger partial charge on any atom is 0.472 e. The zero-order chi connectivity index (χ0) is 36.4. The van der Waals surface area contributed by atoms with Gasteiger partial charge in [0.15, 0.2) is 6.10 Å². The number of hydrogen-bond donors (Lipinski definition) is 3. The number of carboxylic acids is 1. The van der Waals surface area contributed by atoms with Crippen LogP contribution in [-0.4, -0.2) is 59.9 Å². The first-order valence-electron chi connectivity index (χ1n) is 18.9. The van der Waals surface area contributed by atoms with Crippen LogP contribution in [0.3, 0.4) is 0 Å². The third-order valence-electron chi connectivity index (χ3n) is 8.06. The molecule has 11 nitrogen and oxygen atoms in total. The Morgan fingerprint density at radius 3 is 1.65 bits per heavy atom. The Kier molecular flexibility index (Phi) is 31.7. The highest BCUT2D eigenvalue weighted by Crippen LogP contribution is 2.43. The number of carboxylic acid groups (broad SMARTS) is 1. The molecule has 0 aliphatic heterocycles. The summed E-state index contributed by atoms with van der Waals surface area (Å²) in [7, 11) is -4.72. The molecule has 0 aromatic heterocycles. The third kappa shape index (κ3) is 32.9. The molecule has 0 aromatic rings. The molecular weight excluding hydrogens is 649 g/mol. The molecule has 4 N–H and O–H groups in total. The maximum absolute atomic E-state index is 12.5. The van der Waals surface area contributed by atoms with E-state index >= 15 is 0 Å². The van der Waals surface area contributed by atoms with Gasteiger partial charge in [-0.1, -0.05) is 154 Å². The molecule has 0 aliphatic carbocycles. The van der Waals surface area contributed by atoms with Crippen LogP contribution in [0.15, 0.2) is 24.3 Å². The molecular formula is C37H68NO10P. The zero-order valence-corrected chi connectivity index (χ0v) is 31.4. The quantitative estimate of drug-likeness (QED) is 0.0188. The molecule has 0 aliphatic rings. The number of ether oxygens (including phenoxy) is 2. The summed E-state index contributed by atoms with van der Waals surface area (Å²) in [6.07, 6.45) is 31.8. The Labute approximate surface area is 296 Å². The van der Waals surface area contributed by atoms with Crippen LogP contribution in [-0.2, 0) is 37.5 Å². The molecule has 0 aromatic carbocycles. The van der Waals surface area contributed by atoms with Crippen molar-refractivity contribution in [1.82, 2.24) is 0 Å². The first kappa shape index (κ1) is 47.0. The van der Waals surface area contributed by atoms with Gasteiger partial charge in [0.25, 0.3) is 0 Å². The Morgan fingerprint density at radius 1 is 0.673 bits per heavy atom. The van der Waals surface area contributed by atoms with Crippen LogP contribution in [0.5, 0.6) is 0 Å². The predicted octanol–water partition coefficient (Wildman–Crippen LogP) is 9.11. The molecule has 0 amide bonds. The first-order chi connectivity index (χ1) is 23.6. The van der Waals surface area contributed by atoms with Gasteiger partial charge < -0.3 is 25.2 Å². The number of esters is 2. The smallest absolute Gasteiger partial charge is 0.472 e. The summed E-state index contributed by atoms with van der Waals surface area (Å²) in [6.45, 7) is 2.65. The Bertz CT molecular complexity index is 942. The average Bonchev–Trinajstić information content (AvgIpc) is 3.07. The fraction of sp³-hybridized carbons (Fsp3) is 0.811. The van der Waals surface area contributed by atoms with Crippen molar-refractivity contribution in [2.45, 2.75) is 174 Å². The third-order valence-corrected chi connectivity index (χ3v) is 9.01. The molecule has 0 spiro atoms. The minimum absolute atomic E-state index is 0.144. The normalized spacial score (nSPS) is 14.2. The Hall–Kier alpha value is -2.04. The van der Waals surface area contributed by atoms with E-state index in [9.17, 15) is 23.8 Å². The van der Waals surface area contributed by atoms with Crippen LogP contribution >= 0.6 is 7.82 Å². The molecule has 1 unspecified atom stereocenters. The van der Waals surface area contributed by atoms with Gasteiger partial charge in [0.1, 0.15) is 12.6 Å². The molecule has 0 bridgehead atoms. The van der Waals surface area contributed by atoms with E-state index in [1.165, 1.54) is 109 Å². The van der Waals surface area contributed by atoms with E-state index in [1.807, 2.05) is 6.08 Å². The van der Waals surface area contributed by atoms with Crippen LogP contribution in [0.2, 0.25) is 0 Å². The second-order valence-electron chi connectivity index (χ2n) is 12.8. The number of carbonyl (C=O) groups is 3. The lowest BCUT2D eigenvalue weighted by molar-refractivity contribution is -0.159. The monoisotopic (exact) mass is 717 g/mol. The summed E-state index contributed by atoms with van der Waals surface area (Å²) in [4.78, 5) is 45.5. The molecule has 49 heavy (non-hydrogen) atoms. The van der Waals surface area contributed by atoms with Gasteiger partial charge in [-0.3, -0.25) is 18.6 Å². The van der Waals surface area contributed by atoms with E-state index in [2.05, 4.69) is 18.4 Å². The minimum atomic E-state index is -4.72. The topological polar surface area (TPSA) is 172 Å². The number of phosphoric acid groups is 1.